The Labute approximate surface area is 139 Å². The van der Waals surface area contributed by atoms with Gasteiger partial charge >= 0.3 is 0 Å². The molecule has 1 aliphatic heterocycles. The van der Waals surface area contributed by atoms with E-state index >= 15 is 0 Å². The smallest absolute Gasteiger partial charge is 0.253 e. The fourth-order valence-electron chi connectivity index (χ4n) is 2.81. The van der Waals surface area contributed by atoms with Gasteiger partial charge in [-0.15, -0.1) is 0 Å². The monoisotopic (exact) mass is 316 g/mol. The van der Waals surface area contributed by atoms with E-state index in [1.54, 1.807) is 18.6 Å². The van der Waals surface area contributed by atoms with Gasteiger partial charge in [-0.05, 0) is 35.9 Å². The first-order chi connectivity index (χ1) is 11.8. The van der Waals surface area contributed by atoms with Crippen molar-refractivity contribution in [2.75, 3.05) is 6.54 Å². The van der Waals surface area contributed by atoms with Gasteiger partial charge in [0.2, 0.25) is 0 Å². The lowest BCUT2D eigenvalue weighted by Crippen LogP contribution is -2.31. The zero-order valence-electron chi connectivity index (χ0n) is 13.0. The van der Waals surface area contributed by atoms with E-state index in [1.165, 1.54) is 0 Å². The summed E-state index contributed by atoms with van der Waals surface area (Å²) in [7, 11) is 0. The third kappa shape index (κ3) is 2.84. The van der Waals surface area contributed by atoms with Crippen LogP contribution in [-0.4, -0.2) is 27.4 Å². The van der Waals surface area contributed by atoms with E-state index < -0.39 is 0 Å². The Morgan fingerprint density at radius 3 is 2.92 bits per heavy atom. The van der Waals surface area contributed by atoms with Crippen molar-refractivity contribution in [3.05, 3.63) is 71.4 Å². The van der Waals surface area contributed by atoms with Gasteiger partial charge in [0.1, 0.15) is 0 Å². The molecule has 0 spiro atoms. The summed E-state index contributed by atoms with van der Waals surface area (Å²) in [5.74, 6) is -0.00972. The van der Waals surface area contributed by atoms with Gasteiger partial charge in [0.25, 0.3) is 5.91 Å². The van der Waals surface area contributed by atoms with Crippen molar-refractivity contribution in [1.82, 2.24) is 20.3 Å². The molecule has 0 fully saturated rings. The lowest BCUT2D eigenvalue weighted by molar-refractivity contribution is 0.0946. The first kappa shape index (κ1) is 14.4. The number of carbonyl (C=O) groups is 1. The number of hydrogen-bond donors (Lipinski definition) is 2. The number of nitrogens with one attached hydrogen (secondary N) is 2. The zero-order chi connectivity index (χ0) is 16.4. The van der Waals surface area contributed by atoms with Gasteiger partial charge in [0.15, 0.2) is 0 Å². The Morgan fingerprint density at radius 2 is 2.08 bits per heavy atom. The van der Waals surface area contributed by atoms with Crippen LogP contribution in [0.4, 0.5) is 0 Å². The second-order valence-electron chi connectivity index (χ2n) is 5.67. The lowest BCUT2D eigenvalue weighted by Gasteiger charge is -2.10. The molecule has 0 saturated heterocycles. The molecule has 118 valence electrons. The molecule has 0 radical (unpaired) electrons. The molecule has 3 aromatic rings. The molecular weight excluding hydrogens is 300 g/mol. The molecule has 0 unspecified atom stereocenters. The minimum atomic E-state index is -0.00972. The summed E-state index contributed by atoms with van der Waals surface area (Å²) in [5.41, 5.74) is 5.57. The van der Waals surface area contributed by atoms with Crippen molar-refractivity contribution in [1.29, 1.82) is 0 Å². The number of fused-ring (bicyclic) bond motifs is 1. The zero-order valence-corrected chi connectivity index (χ0v) is 13.0. The van der Waals surface area contributed by atoms with Crippen LogP contribution < -0.4 is 5.32 Å². The lowest BCUT2D eigenvalue weighted by atomic mass is 10.1. The topological polar surface area (TPSA) is 70.7 Å². The average molecular weight is 316 g/mol. The highest BCUT2D eigenvalue weighted by Gasteiger charge is 2.19. The molecule has 0 aromatic carbocycles. The standard InChI is InChI=1S/C19H16N4O/c24-19-16-11-18(23-17(16)6-9-22-19)14-5-8-21-15(10-14)4-3-13-2-1-7-20-12-13/h1-5,7-8,10-12,23H,6,9H2,(H,22,24)/b4-3+. The van der Waals surface area contributed by atoms with Crippen LogP contribution in [0.1, 0.15) is 27.3 Å². The number of aromatic nitrogens is 3. The number of pyridine rings is 2. The molecular formula is C19H16N4O. The van der Waals surface area contributed by atoms with Crippen LogP contribution in [0.2, 0.25) is 0 Å². The summed E-state index contributed by atoms with van der Waals surface area (Å²) < 4.78 is 0. The Morgan fingerprint density at radius 1 is 1.12 bits per heavy atom. The number of H-pyrrole nitrogens is 1. The molecule has 4 heterocycles. The highest BCUT2D eigenvalue weighted by molar-refractivity contribution is 5.97. The quantitative estimate of drug-likeness (QED) is 0.780. The Hall–Kier alpha value is -3.21. The van der Waals surface area contributed by atoms with Crippen molar-refractivity contribution in [2.24, 2.45) is 0 Å². The summed E-state index contributed by atoms with van der Waals surface area (Å²) >= 11 is 0. The second-order valence-corrected chi connectivity index (χ2v) is 5.67. The van der Waals surface area contributed by atoms with Crippen molar-refractivity contribution < 1.29 is 4.79 Å². The van der Waals surface area contributed by atoms with Gasteiger partial charge in [-0.3, -0.25) is 14.8 Å². The van der Waals surface area contributed by atoms with Crippen LogP contribution in [0.25, 0.3) is 23.4 Å². The van der Waals surface area contributed by atoms with Crippen molar-refractivity contribution in [3.8, 4) is 11.3 Å². The molecule has 0 atom stereocenters. The molecule has 24 heavy (non-hydrogen) atoms. The summed E-state index contributed by atoms with van der Waals surface area (Å²) in [6.07, 6.45) is 10.1. The van der Waals surface area contributed by atoms with Gasteiger partial charge < -0.3 is 10.3 Å². The summed E-state index contributed by atoms with van der Waals surface area (Å²) in [6, 6.07) is 9.75. The molecule has 2 N–H and O–H groups in total. The molecule has 1 aliphatic rings. The molecule has 4 rings (SSSR count). The normalized spacial score (nSPS) is 13.8. The van der Waals surface area contributed by atoms with Crippen LogP contribution in [0.15, 0.2) is 48.9 Å². The first-order valence-corrected chi connectivity index (χ1v) is 7.84. The fraction of sp³-hybridized carbons (Fsp3) is 0.105. The minimum absolute atomic E-state index is 0.00972. The predicted molar refractivity (Wildman–Crippen MR) is 93.2 cm³/mol. The molecule has 0 aliphatic carbocycles. The summed E-state index contributed by atoms with van der Waals surface area (Å²) in [6.45, 7) is 0.682. The van der Waals surface area contributed by atoms with Gasteiger partial charge in [-0.25, -0.2) is 0 Å². The van der Waals surface area contributed by atoms with Crippen molar-refractivity contribution in [3.63, 3.8) is 0 Å². The Kier molecular flexibility index (Phi) is 3.67. The number of nitrogens with zero attached hydrogens (tertiary/aromatic N) is 2. The van der Waals surface area contributed by atoms with Crippen LogP contribution in [0, 0.1) is 0 Å². The second kappa shape index (κ2) is 6.12. The van der Waals surface area contributed by atoms with Crippen molar-refractivity contribution in [2.45, 2.75) is 6.42 Å². The summed E-state index contributed by atoms with van der Waals surface area (Å²) in [5, 5.41) is 2.86. The molecule has 5 nitrogen and oxygen atoms in total. The highest BCUT2D eigenvalue weighted by Crippen LogP contribution is 2.24. The van der Waals surface area contributed by atoms with Gasteiger partial charge in [-0.2, -0.15) is 0 Å². The van der Waals surface area contributed by atoms with Crippen LogP contribution in [0.5, 0.6) is 0 Å². The van der Waals surface area contributed by atoms with Gasteiger partial charge in [0, 0.05) is 48.5 Å². The van der Waals surface area contributed by atoms with Crippen molar-refractivity contribution >= 4 is 18.1 Å². The van der Waals surface area contributed by atoms with E-state index in [0.29, 0.717) is 6.54 Å². The number of aromatic amines is 1. The van der Waals surface area contributed by atoms with E-state index in [2.05, 4.69) is 20.3 Å². The van der Waals surface area contributed by atoms with Crippen LogP contribution >= 0.6 is 0 Å². The molecule has 3 aromatic heterocycles. The highest BCUT2D eigenvalue weighted by atomic mass is 16.1. The van der Waals surface area contributed by atoms with E-state index in [1.807, 2.05) is 42.5 Å². The average Bonchev–Trinajstić information content (AvgIpc) is 3.07. The van der Waals surface area contributed by atoms with E-state index in [4.69, 9.17) is 0 Å². The third-order valence-corrected chi connectivity index (χ3v) is 4.03. The van der Waals surface area contributed by atoms with E-state index in [-0.39, 0.29) is 5.91 Å². The first-order valence-electron chi connectivity index (χ1n) is 7.84. The SMILES string of the molecule is O=C1NCCc2[nH]c(-c3ccnc(/C=C/c4cccnc4)c3)cc21. The van der Waals surface area contributed by atoms with Gasteiger partial charge in [-0.1, -0.05) is 12.1 Å². The Balaban J connectivity index is 1.63. The Bertz CT molecular complexity index is 912. The largest absolute Gasteiger partial charge is 0.358 e. The van der Waals surface area contributed by atoms with Crippen LogP contribution in [-0.2, 0) is 6.42 Å². The van der Waals surface area contributed by atoms with Gasteiger partial charge in [0.05, 0.1) is 11.3 Å². The third-order valence-electron chi connectivity index (χ3n) is 4.03. The van der Waals surface area contributed by atoms with Crippen LogP contribution in [0.3, 0.4) is 0 Å². The maximum atomic E-state index is 11.9. The number of carbonyl (C=O) groups excluding carboxylic acids is 1. The predicted octanol–water partition coefficient (Wildman–Crippen LogP) is 2.93. The molecule has 5 heteroatoms. The van der Waals surface area contributed by atoms with E-state index in [0.717, 1.165) is 40.2 Å². The minimum Gasteiger partial charge on any atom is -0.358 e. The maximum Gasteiger partial charge on any atom is 0.253 e. The molecule has 0 bridgehead atoms. The fourth-order valence-corrected chi connectivity index (χ4v) is 2.81. The number of hydrogen-bond acceptors (Lipinski definition) is 3. The number of amides is 1. The number of rotatable bonds is 3. The summed E-state index contributed by atoms with van der Waals surface area (Å²) in [4.78, 5) is 23.7. The molecule has 1 amide bonds. The molecule has 0 saturated carbocycles. The maximum absolute atomic E-state index is 11.9. The van der Waals surface area contributed by atoms with E-state index in [9.17, 15) is 4.79 Å².